The van der Waals surface area contributed by atoms with Crippen molar-refractivity contribution in [3.8, 4) is 16.5 Å². The van der Waals surface area contributed by atoms with Gasteiger partial charge < -0.3 is 14.4 Å². The van der Waals surface area contributed by atoms with Crippen molar-refractivity contribution in [3.63, 3.8) is 0 Å². The van der Waals surface area contributed by atoms with Gasteiger partial charge in [-0.25, -0.2) is 4.98 Å². The molecule has 0 unspecified atom stereocenters. The Morgan fingerprint density at radius 2 is 2.08 bits per heavy atom. The molecule has 0 amide bonds. The van der Waals surface area contributed by atoms with Gasteiger partial charge in [0.2, 0.25) is 0 Å². The van der Waals surface area contributed by atoms with Crippen LogP contribution in [-0.2, 0) is 20.0 Å². The Labute approximate surface area is 157 Å². The third-order valence-electron chi connectivity index (χ3n) is 5.01. The van der Waals surface area contributed by atoms with Gasteiger partial charge in [0.25, 0.3) is 0 Å². The second-order valence-electron chi connectivity index (χ2n) is 6.64. The van der Waals surface area contributed by atoms with E-state index in [0.717, 1.165) is 42.3 Å². The van der Waals surface area contributed by atoms with Gasteiger partial charge in [-0.05, 0) is 29.1 Å². The van der Waals surface area contributed by atoms with Gasteiger partial charge >= 0.3 is 0 Å². The van der Waals surface area contributed by atoms with E-state index in [9.17, 15) is 5.11 Å². The summed E-state index contributed by atoms with van der Waals surface area (Å²) in [6.07, 6.45) is 0.447. The van der Waals surface area contributed by atoms with Gasteiger partial charge in [-0.15, -0.1) is 11.3 Å². The van der Waals surface area contributed by atoms with Crippen molar-refractivity contribution in [2.75, 3.05) is 20.2 Å². The first-order valence-electron chi connectivity index (χ1n) is 8.78. The molecule has 1 aromatic carbocycles. The van der Waals surface area contributed by atoms with Crippen molar-refractivity contribution in [2.45, 2.75) is 19.1 Å². The molecule has 5 nitrogen and oxygen atoms in total. The number of hydrogen-bond donors (Lipinski definition) is 1. The summed E-state index contributed by atoms with van der Waals surface area (Å²) >= 11 is 1.72. The quantitative estimate of drug-likeness (QED) is 0.750. The van der Waals surface area contributed by atoms with Crippen LogP contribution >= 0.6 is 11.3 Å². The van der Waals surface area contributed by atoms with Crippen LogP contribution in [0.25, 0.3) is 10.7 Å². The molecule has 1 aliphatic rings. The summed E-state index contributed by atoms with van der Waals surface area (Å²) in [5, 5.41) is 12.7. The smallest absolute Gasteiger partial charge is 0.150 e. The number of hydrogen-bond acceptors (Lipinski definition) is 5. The molecule has 26 heavy (non-hydrogen) atoms. The summed E-state index contributed by atoms with van der Waals surface area (Å²) in [4.78, 5) is 8.36. The van der Waals surface area contributed by atoms with Crippen LogP contribution in [0.15, 0.2) is 41.8 Å². The molecule has 1 aliphatic heterocycles. The van der Waals surface area contributed by atoms with Crippen molar-refractivity contribution in [3.05, 3.63) is 58.7 Å². The summed E-state index contributed by atoms with van der Waals surface area (Å²) in [6, 6.07) is 11.8. The number of methoxy groups -OCH3 is 1. The molecule has 4 rings (SSSR count). The lowest BCUT2D eigenvalue weighted by Crippen LogP contribution is -2.34. The van der Waals surface area contributed by atoms with Gasteiger partial charge in [0.1, 0.15) is 11.6 Å². The Bertz CT molecular complexity index is 871. The minimum atomic E-state index is -0.511. The van der Waals surface area contributed by atoms with E-state index in [1.165, 1.54) is 10.6 Å². The lowest BCUT2D eigenvalue weighted by molar-refractivity contribution is 0.104. The Kier molecular flexibility index (Phi) is 4.80. The third-order valence-corrected chi connectivity index (χ3v) is 5.87. The Morgan fingerprint density at radius 3 is 2.77 bits per heavy atom. The molecule has 0 radical (unpaired) electrons. The molecular formula is C20H23N3O2S. The third kappa shape index (κ3) is 3.28. The van der Waals surface area contributed by atoms with Crippen LogP contribution in [0.4, 0.5) is 0 Å². The summed E-state index contributed by atoms with van der Waals surface area (Å²) in [6.45, 7) is 2.32. The maximum absolute atomic E-state index is 10.6. The van der Waals surface area contributed by atoms with E-state index >= 15 is 0 Å². The monoisotopic (exact) mass is 369 g/mol. The summed E-state index contributed by atoms with van der Waals surface area (Å²) in [5.41, 5.74) is 3.35. The van der Waals surface area contributed by atoms with Gasteiger partial charge in [-0.3, -0.25) is 4.90 Å². The molecule has 136 valence electrons. The molecule has 2 aromatic heterocycles. The number of aliphatic hydroxyl groups is 1. The van der Waals surface area contributed by atoms with Crippen LogP contribution in [-0.4, -0.2) is 39.8 Å². The summed E-state index contributed by atoms with van der Waals surface area (Å²) in [7, 11) is 3.75. The minimum Gasteiger partial charge on any atom is -0.497 e. The zero-order valence-corrected chi connectivity index (χ0v) is 15.9. The number of aromatic nitrogens is 2. The SMILES string of the molecule is COc1ccc([C@@H](O)CN2CCc3c(nc(-c4cccs4)n3C)C2)cc1. The first-order valence-corrected chi connectivity index (χ1v) is 9.66. The van der Waals surface area contributed by atoms with Crippen LogP contribution in [0.3, 0.4) is 0 Å². The number of benzene rings is 1. The van der Waals surface area contributed by atoms with Gasteiger partial charge in [-0.1, -0.05) is 18.2 Å². The van der Waals surface area contributed by atoms with Crippen molar-refractivity contribution >= 4 is 11.3 Å². The zero-order chi connectivity index (χ0) is 18.1. The predicted octanol–water partition coefficient (Wildman–Crippen LogP) is 3.25. The number of β-amino-alcohol motifs (C(OH)–C–C–N with tert-alkyl or cyclic N) is 1. The largest absolute Gasteiger partial charge is 0.497 e. The average molecular weight is 369 g/mol. The lowest BCUT2D eigenvalue weighted by atomic mass is 10.1. The topological polar surface area (TPSA) is 50.5 Å². The van der Waals surface area contributed by atoms with Gasteiger partial charge in [0.05, 0.1) is 23.8 Å². The number of ether oxygens (including phenoxy) is 1. The molecule has 3 aromatic rings. The maximum atomic E-state index is 10.6. The molecule has 0 saturated heterocycles. The van der Waals surface area contributed by atoms with E-state index in [0.29, 0.717) is 6.54 Å². The first kappa shape index (κ1) is 17.3. The molecule has 0 fully saturated rings. The average Bonchev–Trinajstić information content (AvgIpc) is 3.30. The van der Waals surface area contributed by atoms with E-state index in [4.69, 9.17) is 9.72 Å². The van der Waals surface area contributed by atoms with E-state index in [-0.39, 0.29) is 0 Å². The second kappa shape index (κ2) is 7.23. The van der Waals surface area contributed by atoms with Crippen molar-refractivity contribution < 1.29 is 9.84 Å². The fourth-order valence-electron chi connectivity index (χ4n) is 3.54. The fourth-order valence-corrected chi connectivity index (χ4v) is 4.29. The molecule has 0 aliphatic carbocycles. The van der Waals surface area contributed by atoms with E-state index in [1.807, 2.05) is 24.3 Å². The molecule has 6 heteroatoms. The summed E-state index contributed by atoms with van der Waals surface area (Å²) < 4.78 is 7.40. The van der Waals surface area contributed by atoms with Crippen LogP contribution in [0, 0.1) is 0 Å². The molecule has 1 N–H and O–H groups in total. The highest BCUT2D eigenvalue weighted by molar-refractivity contribution is 7.13. The normalized spacial score (nSPS) is 15.7. The fraction of sp³-hybridized carbons (Fsp3) is 0.350. The minimum absolute atomic E-state index is 0.511. The predicted molar refractivity (Wildman–Crippen MR) is 103 cm³/mol. The van der Waals surface area contributed by atoms with Crippen LogP contribution in [0.2, 0.25) is 0 Å². The van der Waals surface area contributed by atoms with E-state index in [2.05, 4.69) is 34.0 Å². The standard InChI is InChI=1S/C20H23N3O2S/c1-22-17-9-10-23(12-16(17)21-20(22)19-4-3-11-26-19)13-18(24)14-5-7-15(25-2)8-6-14/h3-8,11,18,24H,9-10,12-13H2,1-2H3/t18-/m0/s1. The van der Waals surface area contributed by atoms with Crippen molar-refractivity contribution in [2.24, 2.45) is 7.05 Å². The van der Waals surface area contributed by atoms with Crippen molar-refractivity contribution in [1.82, 2.24) is 14.5 Å². The second-order valence-corrected chi connectivity index (χ2v) is 7.59. The highest BCUT2D eigenvalue weighted by atomic mass is 32.1. The first-order chi connectivity index (χ1) is 12.7. The lowest BCUT2D eigenvalue weighted by Gasteiger charge is -2.28. The molecule has 3 heterocycles. The van der Waals surface area contributed by atoms with Crippen LogP contribution in [0.1, 0.15) is 23.1 Å². The Balaban J connectivity index is 1.47. The Morgan fingerprint density at radius 1 is 1.27 bits per heavy atom. The van der Waals surface area contributed by atoms with Gasteiger partial charge in [0.15, 0.2) is 0 Å². The molecule has 1 atom stereocenters. The number of aliphatic hydroxyl groups excluding tert-OH is 1. The summed E-state index contributed by atoms with van der Waals surface area (Å²) in [5.74, 6) is 1.85. The van der Waals surface area contributed by atoms with Crippen LogP contribution < -0.4 is 4.74 Å². The van der Waals surface area contributed by atoms with E-state index < -0.39 is 6.10 Å². The molecule has 0 saturated carbocycles. The van der Waals surface area contributed by atoms with E-state index in [1.54, 1.807) is 18.4 Å². The molecule has 0 spiro atoms. The highest BCUT2D eigenvalue weighted by Gasteiger charge is 2.25. The van der Waals surface area contributed by atoms with Crippen molar-refractivity contribution in [1.29, 1.82) is 0 Å². The highest BCUT2D eigenvalue weighted by Crippen LogP contribution is 2.29. The number of fused-ring (bicyclic) bond motifs is 1. The van der Waals surface area contributed by atoms with Gasteiger partial charge in [-0.2, -0.15) is 0 Å². The molecule has 0 bridgehead atoms. The number of thiophene rings is 1. The molecular weight excluding hydrogens is 346 g/mol. The Hall–Kier alpha value is -2.15. The van der Waals surface area contributed by atoms with Crippen LogP contribution in [0.5, 0.6) is 5.75 Å². The number of nitrogens with zero attached hydrogens (tertiary/aromatic N) is 3. The zero-order valence-electron chi connectivity index (χ0n) is 15.1. The number of rotatable bonds is 5. The number of imidazole rings is 1. The van der Waals surface area contributed by atoms with Gasteiger partial charge in [0, 0.05) is 38.8 Å². The maximum Gasteiger partial charge on any atom is 0.150 e.